The van der Waals surface area contributed by atoms with Gasteiger partial charge < -0.3 is 14.5 Å². The van der Waals surface area contributed by atoms with Crippen molar-refractivity contribution in [2.45, 2.75) is 20.0 Å². The average Bonchev–Trinajstić information content (AvgIpc) is 3.50. The molecule has 0 radical (unpaired) electrons. The van der Waals surface area contributed by atoms with Gasteiger partial charge in [0, 0.05) is 52.4 Å². The second-order valence-electron chi connectivity index (χ2n) is 8.01. The summed E-state index contributed by atoms with van der Waals surface area (Å²) in [5.74, 6) is 2.44. The minimum atomic E-state index is 0.589. The van der Waals surface area contributed by atoms with Gasteiger partial charge >= 0.3 is 0 Å². The van der Waals surface area contributed by atoms with Gasteiger partial charge in [0.25, 0.3) is 0 Å². The fraction of sp³-hybridized carbons (Fsp3) is 0.200. The van der Waals surface area contributed by atoms with Gasteiger partial charge in [0.15, 0.2) is 5.65 Å². The molecule has 0 spiro atoms. The van der Waals surface area contributed by atoms with Crippen molar-refractivity contribution in [1.29, 1.82) is 0 Å². The van der Waals surface area contributed by atoms with Gasteiger partial charge in [-0.2, -0.15) is 5.10 Å². The van der Waals surface area contributed by atoms with E-state index >= 15 is 0 Å². The molecule has 0 aliphatic heterocycles. The number of hydrogen-bond donors (Lipinski definition) is 1. The Hall–Kier alpha value is -3.51. The first kappa shape index (κ1) is 23.2. The number of halogens is 1. The van der Waals surface area contributed by atoms with Gasteiger partial charge in [-0.05, 0) is 49.4 Å². The van der Waals surface area contributed by atoms with Crippen LogP contribution in [0.25, 0.3) is 28.3 Å². The van der Waals surface area contributed by atoms with Crippen molar-refractivity contribution >= 4 is 28.5 Å². The number of benzene rings is 1. The maximum absolute atomic E-state index is 5.54. The average molecular weight is 581 g/mol. The van der Waals surface area contributed by atoms with E-state index < -0.39 is 0 Å². The van der Waals surface area contributed by atoms with Crippen molar-refractivity contribution in [3.63, 3.8) is 0 Å². The Balaban J connectivity index is 1.48. The monoisotopic (exact) mass is 581 g/mol. The van der Waals surface area contributed by atoms with Crippen molar-refractivity contribution in [2.75, 3.05) is 14.2 Å². The number of ether oxygens (including phenoxy) is 2. The third-order valence-electron chi connectivity index (χ3n) is 5.60. The normalized spacial score (nSPS) is 11.3. The molecule has 35 heavy (non-hydrogen) atoms. The molecule has 0 unspecified atom stereocenters. The zero-order chi connectivity index (χ0) is 24.4. The van der Waals surface area contributed by atoms with Crippen molar-refractivity contribution in [3.8, 4) is 34.1 Å². The predicted molar refractivity (Wildman–Crippen MR) is 141 cm³/mol. The molecule has 0 fully saturated rings. The second kappa shape index (κ2) is 10.0. The number of hydrogen-bond acceptors (Lipinski definition) is 7. The van der Waals surface area contributed by atoms with Crippen LogP contribution >= 0.6 is 22.9 Å². The molecule has 5 aromatic rings. The van der Waals surface area contributed by atoms with Crippen LogP contribution in [0.15, 0.2) is 61.1 Å². The Bertz CT molecular complexity index is 1480. The Labute approximate surface area is 216 Å². The Morgan fingerprint density at radius 3 is 2.71 bits per heavy atom. The first-order valence-corrected chi connectivity index (χ1v) is 11.9. The van der Waals surface area contributed by atoms with Crippen molar-refractivity contribution < 1.29 is 9.47 Å². The molecule has 178 valence electrons. The number of fused-ring (bicyclic) bond motifs is 1. The zero-order valence-corrected chi connectivity index (χ0v) is 21.7. The number of aryl methyl sites for hydroxylation is 1. The number of imidazole rings is 1. The summed E-state index contributed by atoms with van der Waals surface area (Å²) in [6.45, 7) is 3.22. The Kier molecular flexibility index (Phi) is 6.64. The number of rotatable bonds is 8. The summed E-state index contributed by atoms with van der Waals surface area (Å²) in [6, 6.07) is 15.7. The highest BCUT2D eigenvalue weighted by atomic mass is 127. The minimum absolute atomic E-state index is 0.589. The summed E-state index contributed by atoms with van der Waals surface area (Å²) in [7, 11) is 3.34. The van der Waals surface area contributed by atoms with Gasteiger partial charge in [-0.3, -0.25) is 4.98 Å². The predicted octanol–water partition coefficient (Wildman–Crippen LogP) is 4.86. The highest BCUT2D eigenvalue weighted by Gasteiger charge is 2.18. The van der Waals surface area contributed by atoms with Crippen LogP contribution < -0.4 is 9.47 Å². The number of nitrogens with one attached hydrogen (secondary N) is 1. The summed E-state index contributed by atoms with van der Waals surface area (Å²) >= 11 is 2.31. The van der Waals surface area contributed by atoms with Gasteiger partial charge in [-0.1, -0.05) is 6.07 Å². The van der Waals surface area contributed by atoms with Crippen LogP contribution in [0, 0.1) is 6.92 Å². The first-order valence-electron chi connectivity index (χ1n) is 11.0. The lowest BCUT2D eigenvalue weighted by atomic mass is 10.1. The summed E-state index contributed by atoms with van der Waals surface area (Å²) < 4.78 is 14.8. The van der Waals surface area contributed by atoms with Crippen LogP contribution in [-0.2, 0) is 13.1 Å². The smallest absolute Gasteiger partial charge is 0.155 e. The number of aromatic amines is 1. The molecule has 5 rings (SSSR count). The highest BCUT2D eigenvalue weighted by Crippen LogP contribution is 2.31. The summed E-state index contributed by atoms with van der Waals surface area (Å²) in [5, 5.41) is 4.27. The molecule has 0 bridgehead atoms. The number of aromatic nitrogens is 6. The van der Waals surface area contributed by atoms with Crippen molar-refractivity contribution in [3.05, 3.63) is 78.1 Å². The molecule has 4 aromatic heterocycles. The fourth-order valence-corrected chi connectivity index (χ4v) is 4.63. The van der Waals surface area contributed by atoms with Crippen LogP contribution in [0.2, 0.25) is 0 Å². The SMILES string of the molecule is COc1ccc(OC)c(CN(I)Cc2nc(-c3ccc4ncnn4c3)c(-c3cccc(C)n3)[nH]2)c1. The quantitative estimate of drug-likeness (QED) is 0.207. The van der Waals surface area contributed by atoms with Gasteiger partial charge in [-0.15, -0.1) is 0 Å². The third-order valence-corrected chi connectivity index (χ3v) is 6.28. The largest absolute Gasteiger partial charge is 0.497 e. The maximum Gasteiger partial charge on any atom is 0.155 e. The standard InChI is InChI=1S/C25H24IN7O2/c1-16-5-4-6-20(29-16)25-24(17-7-10-23-27-15-28-33(23)13-17)30-22(31-25)14-32(26)12-18-11-19(34-2)8-9-21(18)35-3/h4-11,13,15H,12,14H2,1-3H3,(H,30,31). The van der Waals surface area contributed by atoms with Gasteiger partial charge in [0.2, 0.25) is 0 Å². The molecule has 1 aromatic carbocycles. The van der Waals surface area contributed by atoms with E-state index in [2.05, 4.69) is 41.0 Å². The zero-order valence-electron chi connectivity index (χ0n) is 19.6. The van der Waals surface area contributed by atoms with Gasteiger partial charge in [0.05, 0.1) is 37.8 Å². The topological polar surface area (TPSA) is 93.5 Å². The van der Waals surface area contributed by atoms with E-state index in [0.717, 1.165) is 56.9 Å². The molecular formula is C25H24IN7O2. The lowest BCUT2D eigenvalue weighted by Gasteiger charge is -2.16. The molecule has 9 nitrogen and oxygen atoms in total. The van der Waals surface area contributed by atoms with E-state index in [-0.39, 0.29) is 0 Å². The van der Waals surface area contributed by atoms with E-state index in [9.17, 15) is 0 Å². The van der Waals surface area contributed by atoms with Gasteiger partial charge in [-0.25, -0.2) is 17.6 Å². The van der Waals surface area contributed by atoms with Crippen LogP contribution in [0.5, 0.6) is 11.5 Å². The van der Waals surface area contributed by atoms with E-state index in [0.29, 0.717) is 13.1 Å². The fourth-order valence-electron chi connectivity index (χ4n) is 3.94. The molecular weight excluding hydrogens is 557 g/mol. The summed E-state index contributed by atoms with van der Waals surface area (Å²) in [5.41, 5.74) is 6.21. The van der Waals surface area contributed by atoms with E-state index in [4.69, 9.17) is 19.4 Å². The molecule has 0 saturated carbocycles. The molecule has 4 heterocycles. The number of H-pyrrole nitrogens is 1. The maximum atomic E-state index is 5.54. The van der Waals surface area contributed by atoms with Crippen LogP contribution in [-0.4, -0.2) is 46.9 Å². The van der Waals surface area contributed by atoms with Crippen molar-refractivity contribution in [1.82, 2.24) is 32.7 Å². The Morgan fingerprint density at radius 1 is 1.03 bits per heavy atom. The molecule has 0 aliphatic carbocycles. The van der Waals surface area contributed by atoms with E-state index in [1.165, 1.54) is 0 Å². The van der Waals surface area contributed by atoms with Crippen LogP contribution in [0.3, 0.4) is 0 Å². The van der Waals surface area contributed by atoms with E-state index in [1.807, 2.05) is 61.7 Å². The molecule has 0 saturated heterocycles. The highest BCUT2D eigenvalue weighted by molar-refractivity contribution is 14.1. The van der Waals surface area contributed by atoms with E-state index in [1.54, 1.807) is 25.1 Å². The second-order valence-corrected chi connectivity index (χ2v) is 9.37. The summed E-state index contributed by atoms with van der Waals surface area (Å²) in [4.78, 5) is 17.5. The lowest BCUT2D eigenvalue weighted by molar-refractivity contribution is 0.389. The molecule has 0 amide bonds. The molecule has 0 aliphatic rings. The lowest BCUT2D eigenvalue weighted by Crippen LogP contribution is -2.12. The molecule has 1 N–H and O–H groups in total. The molecule has 10 heteroatoms. The first-order chi connectivity index (χ1) is 17.0. The number of pyridine rings is 2. The number of nitrogens with zero attached hydrogens (tertiary/aromatic N) is 6. The van der Waals surface area contributed by atoms with Crippen LogP contribution in [0.4, 0.5) is 0 Å². The Morgan fingerprint density at radius 2 is 1.91 bits per heavy atom. The number of methoxy groups -OCH3 is 2. The van der Waals surface area contributed by atoms with Gasteiger partial charge in [0.1, 0.15) is 23.7 Å². The molecule has 0 atom stereocenters. The minimum Gasteiger partial charge on any atom is -0.497 e. The van der Waals surface area contributed by atoms with Crippen molar-refractivity contribution in [2.24, 2.45) is 0 Å². The van der Waals surface area contributed by atoms with Crippen LogP contribution in [0.1, 0.15) is 17.1 Å². The third kappa shape index (κ3) is 4.98. The summed E-state index contributed by atoms with van der Waals surface area (Å²) in [6.07, 6.45) is 3.48.